The topological polar surface area (TPSA) is 51.3 Å². The minimum absolute atomic E-state index is 0.183. The Labute approximate surface area is 140 Å². The van der Waals surface area contributed by atoms with E-state index in [-0.39, 0.29) is 10.9 Å². The molecule has 2 aromatic rings. The summed E-state index contributed by atoms with van der Waals surface area (Å²) in [6.07, 6.45) is -2.69. The molecule has 0 radical (unpaired) electrons. The molecule has 0 saturated carbocycles. The maximum atomic E-state index is 12.4. The van der Waals surface area contributed by atoms with Crippen molar-refractivity contribution in [1.29, 1.82) is 0 Å². The Morgan fingerprint density at radius 3 is 2.70 bits per heavy atom. The number of thioether (sulfide) groups is 1. The van der Waals surface area contributed by atoms with Crippen LogP contribution in [0.2, 0.25) is 5.02 Å². The molecular formula is C15H13ClF3N3S. The summed E-state index contributed by atoms with van der Waals surface area (Å²) in [6, 6.07) is 8.29. The molecule has 8 heteroatoms. The Morgan fingerprint density at radius 2 is 2.09 bits per heavy atom. The number of hydrogen-bond acceptors (Lipinski definition) is 3. The molecule has 0 unspecified atom stereocenters. The molecule has 3 nitrogen and oxygen atoms in total. The van der Waals surface area contributed by atoms with Gasteiger partial charge in [-0.3, -0.25) is 4.98 Å². The molecule has 1 aromatic carbocycles. The number of aromatic nitrogens is 1. The molecule has 0 spiro atoms. The van der Waals surface area contributed by atoms with Crippen LogP contribution in [-0.2, 0) is 0 Å². The van der Waals surface area contributed by atoms with Crippen LogP contribution >= 0.6 is 23.4 Å². The molecule has 1 aromatic heterocycles. The molecule has 0 aliphatic heterocycles. The first kappa shape index (κ1) is 17.6. The van der Waals surface area contributed by atoms with Gasteiger partial charge in [-0.05, 0) is 36.8 Å². The van der Waals surface area contributed by atoms with Crippen LogP contribution in [0.4, 0.5) is 18.9 Å². The highest BCUT2D eigenvalue weighted by atomic mass is 35.5. The Bertz CT molecular complexity index is 718. The lowest BCUT2D eigenvalue weighted by Gasteiger charge is -2.10. The predicted octanol–water partition coefficient (Wildman–Crippen LogP) is 4.73. The molecule has 2 rings (SSSR count). The highest BCUT2D eigenvalue weighted by Crippen LogP contribution is 2.36. The third kappa shape index (κ3) is 5.14. The van der Waals surface area contributed by atoms with Crippen LogP contribution < -0.4 is 5.73 Å². The summed E-state index contributed by atoms with van der Waals surface area (Å²) in [4.78, 5) is 8.64. The molecule has 0 bridgehead atoms. The van der Waals surface area contributed by atoms with Gasteiger partial charge in [-0.2, -0.15) is 13.2 Å². The standard InChI is InChI=1S/C15H13ClF3N3S/c1-9-6-10(16)13(23-8-15(17,18)19)7-12(9)22-14(20)11-4-2-3-5-21-11/h2-7H,8H2,1H3,(H2,20,22). The van der Waals surface area contributed by atoms with E-state index in [2.05, 4.69) is 9.98 Å². The molecule has 0 atom stereocenters. The smallest absolute Gasteiger partial charge is 0.382 e. The fourth-order valence-corrected chi connectivity index (χ4v) is 2.83. The zero-order valence-corrected chi connectivity index (χ0v) is 13.6. The average molecular weight is 360 g/mol. The highest BCUT2D eigenvalue weighted by molar-refractivity contribution is 7.99. The fraction of sp³-hybridized carbons (Fsp3) is 0.200. The number of aliphatic imine (C=N–C) groups is 1. The predicted molar refractivity (Wildman–Crippen MR) is 87.6 cm³/mol. The number of rotatable bonds is 4. The molecule has 1 heterocycles. The van der Waals surface area contributed by atoms with Gasteiger partial charge >= 0.3 is 6.18 Å². The first-order valence-electron chi connectivity index (χ1n) is 6.51. The van der Waals surface area contributed by atoms with Crippen LogP contribution in [0.3, 0.4) is 0 Å². The van der Waals surface area contributed by atoms with Gasteiger partial charge in [0, 0.05) is 11.1 Å². The largest absolute Gasteiger partial charge is 0.398 e. The fourth-order valence-electron chi connectivity index (χ4n) is 1.73. The highest BCUT2D eigenvalue weighted by Gasteiger charge is 2.27. The normalized spacial score (nSPS) is 12.5. The van der Waals surface area contributed by atoms with E-state index in [0.717, 1.165) is 0 Å². The molecule has 122 valence electrons. The third-order valence-corrected chi connectivity index (χ3v) is 4.36. The Hall–Kier alpha value is -1.73. The minimum Gasteiger partial charge on any atom is -0.382 e. The van der Waals surface area contributed by atoms with Gasteiger partial charge in [0.15, 0.2) is 0 Å². The van der Waals surface area contributed by atoms with Crippen molar-refractivity contribution in [2.24, 2.45) is 10.7 Å². The van der Waals surface area contributed by atoms with Gasteiger partial charge in [-0.15, -0.1) is 11.8 Å². The number of nitrogens with two attached hydrogens (primary N) is 1. The number of alkyl halides is 3. The lowest BCUT2D eigenvalue weighted by molar-refractivity contribution is -0.105. The first-order chi connectivity index (χ1) is 10.8. The zero-order valence-electron chi connectivity index (χ0n) is 12.1. The van der Waals surface area contributed by atoms with Crippen LogP contribution in [0.15, 0.2) is 46.4 Å². The molecule has 0 aliphatic rings. The van der Waals surface area contributed by atoms with Gasteiger partial charge in [0.2, 0.25) is 0 Å². The lowest BCUT2D eigenvalue weighted by atomic mass is 10.2. The van der Waals surface area contributed by atoms with E-state index in [1.165, 1.54) is 6.07 Å². The molecule has 0 fully saturated rings. The van der Waals surface area contributed by atoms with Crippen molar-refractivity contribution in [2.45, 2.75) is 18.0 Å². The van der Waals surface area contributed by atoms with E-state index in [0.29, 0.717) is 33.6 Å². The average Bonchev–Trinajstić information content (AvgIpc) is 2.48. The maximum Gasteiger partial charge on any atom is 0.398 e. The molecular weight excluding hydrogens is 347 g/mol. The van der Waals surface area contributed by atoms with Crippen LogP contribution in [-0.4, -0.2) is 22.7 Å². The van der Waals surface area contributed by atoms with Gasteiger partial charge in [-0.25, -0.2) is 4.99 Å². The van der Waals surface area contributed by atoms with Gasteiger partial charge in [0.25, 0.3) is 0 Å². The summed E-state index contributed by atoms with van der Waals surface area (Å²) >= 11 is 6.62. The van der Waals surface area contributed by atoms with Crippen molar-refractivity contribution >= 4 is 34.9 Å². The van der Waals surface area contributed by atoms with E-state index in [1.807, 2.05) is 0 Å². The zero-order chi connectivity index (χ0) is 17.0. The summed E-state index contributed by atoms with van der Waals surface area (Å²) in [5, 5.41) is 0.257. The number of aryl methyl sites for hydroxylation is 1. The summed E-state index contributed by atoms with van der Waals surface area (Å²) in [5.41, 5.74) is 7.56. The van der Waals surface area contributed by atoms with Gasteiger partial charge < -0.3 is 5.73 Å². The van der Waals surface area contributed by atoms with Crippen molar-refractivity contribution in [3.63, 3.8) is 0 Å². The molecule has 23 heavy (non-hydrogen) atoms. The van der Waals surface area contributed by atoms with Crippen molar-refractivity contribution in [2.75, 3.05) is 5.75 Å². The SMILES string of the molecule is Cc1cc(Cl)c(SCC(F)(F)F)cc1/N=C(\N)c1ccccn1. The van der Waals surface area contributed by atoms with Crippen molar-refractivity contribution < 1.29 is 13.2 Å². The van der Waals surface area contributed by atoms with Gasteiger partial charge in [0.05, 0.1) is 16.5 Å². The second-order valence-corrected chi connectivity index (χ2v) is 6.11. The van der Waals surface area contributed by atoms with Crippen LogP contribution in [0.5, 0.6) is 0 Å². The van der Waals surface area contributed by atoms with Crippen LogP contribution in [0.25, 0.3) is 0 Å². The number of amidine groups is 1. The molecule has 0 aliphatic carbocycles. The Balaban J connectivity index is 2.32. The number of halogens is 4. The number of pyridine rings is 1. The maximum absolute atomic E-state index is 12.4. The van der Waals surface area contributed by atoms with E-state index in [4.69, 9.17) is 17.3 Å². The Kier molecular flexibility index (Phi) is 5.54. The van der Waals surface area contributed by atoms with Crippen LogP contribution in [0.1, 0.15) is 11.3 Å². The lowest BCUT2D eigenvalue weighted by Crippen LogP contribution is -2.14. The quantitative estimate of drug-likeness (QED) is 0.487. The molecule has 0 amide bonds. The van der Waals surface area contributed by atoms with Crippen molar-refractivity contribution in [1.82, 2.24) is 4.98 Å². The third-order valence-electron chi connectivity index (χ3n) is 2.81. The summed E-state index contributed by atoms with van der Waals surface area (Å²) in [7, 11) is 0. The van der Waals surface area contributed by atoms with E-state index >= 15 is 0 Å². The van der Waals surface area contributed by atoms with Crippen molar-refractivity contribution in [3.8, 4) is 0 Å². The van der Waals surface area contributed by atoms with Crippen LogP contribution in [0, 0.1) is 6.92 Å². The summed E-state index contributed by atoms with van der Waals surface area (Å²) in [5.74, 6) is -0.836. The van der Waals surface area contributed by atoms with Gasteiger partial charge in [0.1, 0.15) is 11.5 Å². The van der Waals surface area contributed by atoms with Crippen molar-refractivity contribution in [3.05, 3.63) is 52.8 Å². The number of hydrogen-bond donors (Lipinski definition) is 1. The summed E-state index contributed by atoms with van der Waals surface area (Å²) < 4.78 is 37.1. The number of nitrogens with zero attached hydrogens (tertiary/aromatic N) is 2. The van der Waals surface area contributed by atoms with E-state index in [9.17, 15) is 13.2 Å². The molecule has 0 saturated heterocycles. The summed E-state index contributed by atoms with van der Waals surface area (Å²) in [6.45, 7) is 1.76. The second-order valence-electron chi connectivity index (χ2n) is 4.68. The number of benzene rings is 1. The van der Waals surface area contributed by atoms with E-state index in [1.54, 1.807) is 37.4 Å². The molecule has 2 N–H and O–H groups in total. The second kappa shape index (κ2) is 7.23. The Morgan fingerprint density at radius 1 is 1.35 bits per heavy atom. The monoisotopic (exact) mass is 359 g/mol. The minimum atomic E-state index is -4.27. The van der Waals surface area contributed by atoms with Gasteiger partial charge in [-0.1, -0.05) is 17.7 Å². The van der Waals surface area contributed by atoms with E-state index < -0.39 is 11.9 Å². The first-order valence-corrected chi connectivity index (χ1v) is 7.88.